The Hall–Kier alpha value is -0.840. The van der Waals surface area contributed by atoms with Crippen LogP contribution in [0.1, 0.15) is 11.1 Å². The van der Waals surface area contributed by atoms with E-state index in [1.165, 1.54) is 22.6 Å². The van der Waals surface area contributed by atoms with E-state index < -0.39 is 0 Å². The van der Waals surface area contributed by atoms with Crippen molar-refractivity contribution in [3.63, 3.8) is 0 Å². The lowest BCUT2D eigenvalue weighted by Crippen LogP contribution is -2.25. The fourth-order valence-electron chi connectivity index (χ4n) is 1.94. The van der Waals surface area contributed by atoms with E-state index in [4.69, 9.17) is 5.73 Å². The molecule has 0 heterocycles. The number of nitrogens with two attached hydrogens (primary N) is 1. The van der Waals surface area contributed by atoms with Crippen molar-refractivity contribution in [2.45, 2.75) is 24.3 Å². The monoisotopic (exact) mass is 353 g/mol. The fraction of sp³-hybridized carbons (Fsp3) is 0.250. The van der Waals surface area contributed by atoms with E-state index >= 15 is 0 Å². The van der Waals surface area contributed by atoms with E-state index in [1.807, 2.05) is 12.1 Å². The molecule has 2 N–H and O–H groups in total. The quantitative estimate of drug-likeness (QED) is 0.797. The minimum absolute atomic E-state index is 0.0429. The molecule has 1 nitrogen and oxygen atoms in total. The molecule has 4 heteroatoms. The average molecular weight is 354 g/mol. The Balaban J connectivity index is 1.92. The number of thioether (sulfide) groups is 1. The van der Waals surface area contributed by atoms with Crippen LogP contribution in [0.5, 0.6) is 0 Å². The van der Waals surface area contributed by atoms with E-state index in [0.29, 0.717) is 0 Å². The number of aryl methyl sites for hydroxylation is 1. The lowest BCUT2D eigenvalue weighted by atomic mass is 10.1. The first-order valence-electron chi connectivity index (χ1n) is 6.44. The lowest BCUT2D eigenvalue weighted by molar-refractivity contribution is 0.625. The molecule has 1 atom stereocenters. The zero-order chi connectivity index (χ0) is 14.5. The summed E-state index contributed by atoms with van der Waals surface area (Å²) in [6.07, 6.45) is 0.736. The van der Waals surface area contributed by atoms with Gasteiger partial charge in [0, 0.05) is 21.2 Å². The topological polar surface area (TPSA) is 26.0 Å². The molecule has 0 fully saturated rings. The average Bonchev–Trinajstić information content (AvgIpc) is 2.41. The Morgan fingerprint density at radius 3 is 2.70 bits per heavy atom. The summed E-state index contributed by atoms with van der Waals surface area (Å²) >= 11 is 5.15. The summed E-state index contributed by atoms with van der Waals surface area (Å²) in [5.41, 5.74) is 8.49. The molecule has 0 aliphatic carbocycles. The van der Waals surface area contributed by atoms with Gasteiger partial charge in [0.1, 0.15) is 5.82 Å². The molecule has 1 unspecified atom stereocenters. The molecule has 20 heavy (non-hydrogen) atoms. The second kappa shape index (κ2) is 7.25. The first kappa shape index (κ1) is 15.5. The zero-order valence-corrected chi connectivity index (χ0v) is 13.7. The summed E-state index contributed by atoms with van der Waals surface area (Å²) in [5, 5.41) is 0. The third-order valence-corrected chi connectivity index (χ3v) is 5.15. The van der Waals surface area contributed by atoms with Crippen molar-refractivity contribution in [2.75, 3.05) is 5.75 Å². The lowest BCUT2D eigenvalue weighted by Gasteiger charge is -2.13. The first-order valence-corrected chi connectivity index (χ1v) is 8.22. The summed E-state index contributed by atoms with van der Waals surface area (Å²) in [5.74, 6) is 0.609. The van der Waals surface area contributed by atoms with Gasteiger partial charge < -0.3 is 5.73 Å². The highest BCUT2D eigenvalue weighted by atomic mass is 79.9. The summed E-state index contributed by atoms with van der Waals surface area (Å²) in [7, 11) is 0. The van der Waals surface area contributed by atoms with Crippen molar-refractivity contribution in [1.29, 1.82) is 0 Å². The molecular formula is C16H17BrFNS. The van der Waals surface area contributed by atoms with Crippen LogP contribution in [0.25, 0.3) is 0 Å². The minimum atomic E-state index is -0.233. The van der Waals surface area contributed by atoms with Crippen LogP contribution < -0.4 is 5.73 Å². The van der Waals surface area contributed by atoms with Crippen molar-refractivity contribution < 1.29 is 4.39 Å². The van der Waals surface area contributed by atoms with Crippen LogP contribution in [-0.2, 0) is 6.42 Å². The second-order valence-electron chi connectivity index (χ2n) is 4.78. The molecule has 0 bridgehead atoms. The van der Waals surface area contributed by atoms with Gasteiger partial charge in [-0.3, -0.25) is 0 Å². The van der Waals surface area contributed by atoms with Crippen LogP contribution in [0.2, 0.25) is 0 Å². The van der Waals surface area contributed by atoms with Gasteiger partial charge in [-0.25, -0.2) is 4.39 Å². The molecule has 0 aromatic heterocycles. The fourth-order valence-corrected chi connectivity index (χ4v) is 3.44. The Bertz CT molecular complexity index is 588. The highest BCUT2D eigenvalue weighted by Gasteiger charge is 2.09. The third kappa shape index (κ3) is 4.33. The molecule has 0 radical (unpaired) electrons. The smallest absolute Gasteiger partial charge is 0.124 e. The van der Waals surface area contributed by atoms with Gasteiger partial charge in [0.2, 0.25) is 0 Å². The molecule has 2 aromatic carbocycles. The van der Waals surface area contributed by atoms with Gasteiger partial charge in [0.25, 0.3) is 0 Å². The summed E-state index contributed by atoms with van der Waals surface area (Å²) in [6.45, 7) is 2.10. The Labute approximate surface area is 131 Å². The largest absolute Gasteiger partial charge is 0.327 e. The van der Waals surface area contributed by atoms with E-state index in [9.17, 15) is 4.39 Å². The molecule has 0 saturated carbocycles. The van der Waals surface area contributed by atoms with Crippen LogP contribution in [0.4, 0.5) is 4.39 Å². The molecule has 0 spiro atoms. The van der Waals surface area contributed by atoms with Gasteiger partial charge in [0.05, 0.1) is 0 Å². The highest BCUT2D eigenvalue weighted by Crippen LogP contribution is 2.24. The molecule has 0 saturated heterocycles. The Morgan fingerprint density at radius 2 is 2.00 bits per heavy atom. The number of hydrogen-bond acceptors (Lipinski definition) is 2. The van der Waals surface area contributed by atoms with Crippen molar-refractivity contribution >= 4 is 27.7 Å². The number of benzene rings is 2. The van der Waals surface area contributed by atoms with Crippen molar-refractivity contribution in [3.05, 3.63) is 63.9 Å². The number of halogens is 2. The van der Waals surface area contributed by atoms with Crippen LogP contribution >= 0.6 is 27.7 Å². The number of rotatable bonds is 5. The first-order chi connectivity index (χ1) is 9.56. The Morgan fingerprint density at radius 1 is 1.25 bits per heavy atom. The summed E-state index contributed by atoms with van der Waals surface area (Å²) < 4.78 is 13.8. The zero-order valence-electron chi connectivity index (χ0n) is 11.3. The molecular weight excluding hydrogens is 337 g/mol. The molecule has 0 aliphatic rings. The van der Waals surface area contributed by atoms with E-state index in [1.54, 1.807) is 17.8 Å². The van der Waals surface area contributed by atoms with Crippen molar-refractivity contribution in [1.82, 2.24) is 0 Å². The maximum absolute atomic E-state index is 13.0. The van der Waals surface area contributed by atoms with Gasteiger partial charge in [-0.1, -0.05) is 40.2 Å². The standard InChI is InChI=1S/C16H17BrFNS/c1-11-4-2-3-5-16(11)20-10-14(19)8-12-6-7-13(18)9-15(12)17/h2-7,9,14H,8,10,19H2,1H3. The van der Waals surface area contributed by atoms with Gasteiger partial charge in [0.15, 0.2) is 0 Å². The van der Waals surface area contributed by atoms with Crippen LogP contribution in [-0.4, -0.2) is 11.8 Å². The van der Waals surface area contributed by atoms with Gasteiger partial charge in [-0.15, -0.1) is 11.8 Å². The normalized spacial score (nSPS) is 12.4. The van der Waals surface area contributed by atoms with Crippen LogP contribution in [0.3, 0.4) is 0 Å². The highest BCUT2D eigenvalue weighted by molar-refractivity contribution is 9.10. The minimum Gasteiger partial charge on any atom is -0.327 e. The summed E-state index contributed by atoms with van der Waals surface area (Å²) in [4.78, 5) is 1.26. The Kier molecular flexibility index (Phi) is 5.64. The predicted molar refractivity (Wildman–Crippen MR) is 87.7 cm³/mol. The van der Waals surface area contributed by atoms with Crippen molar-refractivity contribution in [3.8, 4) is 0 Å². The van der Waals surface area contributed by atoms with Crippen LogP contribution in [0.15, 0.2) is 51.8 Å². The molecule has 0 aliphatic heterocycles. The maximum Gasteiger partial charge on any atom is 0.124 e. The van der Waals surface area contributed by atoms with Crippen LogP contribution in [0, 0.1) is 12.7 Å². The predicted octanol–water partition coefficient (Wildman–Crippen LogP) is 4.56. The molecule has 106 valence electrons. The second-order valence-corrected chi connectivity index (χ2v) is 6.69. The molecule has 2 rings (SSSR count). The van der Waals surface area contributed by atoms with E-state index in [-0.39, 0.29) is 11.9 Å². The molecule has 0 amide bonds. The van der Waals surface area contributed by atoms with Crippen molar-refractivity contribution in [2.24, 2.45) is 5.73 Å². The summed E-state index contributed by atoms with van der Waals surface area (Å²) in [6, 6.07) is 13.1. The third-order valence-electron chi connectivity index (χ3n) is 3.04. The SMILES string of the molecule is Cc1ccccc1SCC(N)Cc1ccc(F)cc1Br. The number of hydrogen-bond donors (Lipinski definition) is 1. The maximum atomic E-state index is 13.0. The van der Waals surface area contributed by atoms with Gasteiger partial charge in [-0.05, 0) is 42.7 Å². The van der Waals surface area contributed by atoms with Gasteiger partial charge in [-0.2, -0.15) is 0 Å². The van der Waals surface area contributed by atoms with E-state index in [2.05, 4.69) is 35.0 Å². The molecule has 2 aromatic rings. The van der Waals surface area contributed by atoms with Gasteiger partial charge >= 0.3 is 0 Å². The van der Waals surface area contributed by atoms with E-state index in [0.717, 1.165) is 22.2 Å².